The minimum absolute atomic E-state index is 0.118. The fourth-order valence-electron chi connectivity index (χ4n) is 3.21. The molecule has 0 radical (unpaired) electrons. The predicted molar refractivity (Wildman–Crippen MR) is 143 cm³/mol. The van der Waals surface area contributed by atoms with E-state index in [4.69, 9.17) is 9.47 Å². The number of amidine groups is 1. The smallest absolute Gasteiger partial charge is 0.338 e. The van der Waals surface area contributed by atoms with Crippen LogP contribution in [-0.2, 0) is 16.1 Å². The van der Waals surface area contributed by atoms with Crippen LogP contribution in [0.4, 0.5) is 5.69 Å². The molecule has 8 heteroatoms. The van der Waals surface area contributed by atoms with Gasteiger partial charge in [-0.2, -0.15) is 0 Å². The monoisotopic (exact) mass is 550 g/mol. The van der Waals surface area contributed by atoms with Crippen LogP contribution in [0.2, 0.25) is 0 Å². The maximum Gasteiger partial charge on any atom is 0.338 e. The minimum Gasteiger partial charge on any atom is -0.489 e. The van der Waals surface area contributed by atoms with Crippen molar-refractivity contribution in [2.75, 3.05) is 13.7 Å². The summed E-state index contributed by atoms with van der Waals surface area (Å²) in [5, 5.41) is 0.569. The molecule has 0 bridgehead atoms. The van der Waals surface area contributed by atoms with Gasteiger partial charge >= 0.3 is 5.97 Å². The number of carbonyl (C=O) groups excluding carboxylic acids is 2. The highest BCUT2D eigenvalue weighted by molar-refractivity contribution is 9.10. The summed E-state index contributed by atoms with van der Waals surface area (Å²) < 4.78 is 11.9. The number of benzene rings is 3. The van der Waals surface area contributed by atoms with E-state index in [9.17, 15) is 9.59 Å². The van der Waals surface area contributed by atoms with Gasteiger partial charge in [0, 0.05) is 11.5 Å². The van der Waals surface area contributed by atoms with Crippen molar-refractivity contribution >= 4 is 56.5 Å². The van der Waals surface area contributed by atoms with Crippen molar-refractivity contribution in [1.29, 1.82) is 0 Å². The first-order valence-corrected chi connectivity index (χ1v) is 12.5. The molecule has 1 amide bonds. The standard InChI is InChI=1S/C27H23BrN2O4S/c1-3-33-26(32)20-8-12-22(13-9-20)29-27-30(2)25(31)24(35-27)16-18-6-14-23(15-7-18)34-17-19-4-10-21(28)11-5-19/h4-16H,3,17H2,1-2H3. The molecule has 35 heavy (non-hydrogen) atoms. The molecule has 0 aliphatic carbocycles. The number of esters is 1. The molecule has 1 aliphatic heterocycles. The number of halogens is 1. The first kappa shape index (κ1) is 24.8. The van der Waals surface area contributed by atoms with Crippen molar-refractivity contribution in [1.82, 2.24) is 4.90 Å². The summed E-state index contributed by atoms with van der Waals surface area (Å²) in [5.41, 5.74) is 3.08. The molecule has 0 saturated carbocycles. The third-order valence-electron chi connectivity index (χ3n) is 5.10. The number of thioether (sulfide) groups is 1. The number of hydrogen-bond donors (Lipinski definition) is 0. The number of carbonyl (C=O) groups is 2. The Bertz CT molecular complexity index is 1270. The molecule has 0 spiro atoms. The van der Waals surface area contributed by atoms with Crippen molar-refractivity contribution in [3.8, 4) is 5.75 Å². The fraction of sp³-hybridized carbons (Fsp3) is 0.148. The van der Waals surface area contributed by atoms with Crippen molar-refractivity contribution in [3.63, 3.8) is 0 Å². The number of likely N-dealkylation sites (N-methyl/N-ethyl adjacent to an activating group) is 1. The van der Waals surface area contributed by atoms with E-state index in [1.54, 1.807) is 38.2 Å². The number of amides is 1. The Kier molecular flexibility index (Phi) is 8.05. The van der Waals surface area contributed by atoms with E-state index < -0.39 is 0 Å². The Morgan fingerprint density at radius 1 is 1.03 bits per heavy atom. The zero-order valence-corrected chi connectivity index (χ0v) is 21.6. The number of aliphatic imine (C=N–C) groups is 1. The summed E-state index contributed by atoms with van der Waals surface area (Å²) in [6.45, 7) is 2.57. The first-order valence-electron chi connectivity index (χ1n) is 10.9. The lowest BCUT2D eigenvalue weighted by Crippen LogP contribution is -2.23. The van der Waals surface area contributed by atoms with Gasteiger partial charge in [-0.3, -0.25) is 9.69 Å². The Balaban J connectivity index is 1.41. The summed E-state index contributed by atoms with van der Waals surface area (Å²) in [5.74, 6) is 0.266. The predicted octanol–water partition coefficient (Wildman–Crippen LogP) is 6.44. The number of rotatable bonds is 7. The Labute approximate surface area is 216 Å². The highest BCUT2D eigenvalue weighted by Crippen LogP contribution is 2.33. The number of ether oxygens (including phenoxy) is 2. The Morgan fingerprint density at radius 2 is 1.71 bits per heavy atom. The largest absolute Gasteiger partial charge is 0.489 e. The molecule has 0 unspecified atom stereocenters. The van der Waals surface area contributed by atoms with Crippen LogP contribution in [0.1, 0.15) is 28.4 Å². The lowest BCUT2D eigenvalue weighted by atomic mass is 10.2. The van der Waals surface area contributed by atoms with Crippen LogP contribution in [0.25, 0.3) is 6.08 Å². The summed E-state index contributed by atoms with van der Waals surface area (Å²) in [4.78, 5) is 31.2. The van der Waals surface area contributed by atoms with Crippen LogP contribution in [0.5, 0.6) is 5.75 Å². The molecular weight excluding hydrogens is 528 g/mol. The van der Waals surface area contributed by atoms with E-state index in [0.29, 0.717) is 34.5 Å². The van der Waals surface area contributed by atoms with Crippen LogP contribution in [0, 0.1) is 0 Å². The maximum absolute atomic E-state index is 12.7. The fourth-order valence-corrected chi connectivity index (χ4v) is 4.46. The van der Waals surface area contributed by atoms with Crippen molar-refractivity contribution in [2.45, 2.75) is 13.5 Å². The topological polar surface area (TPSA) is 68.2 Å². The van der Waals surface area contributed by atoms with E-state index in [2.05, 4.69) is 20.9 Å². The summed E-state index contributed by atoms with van der Waals surface area (Å²) in [7, 11) is 1.70. The summed E-state index contributed by atoms with van der Waals surface area (Å²) in [6.07, 6.45) is 1.84. The molecule has 4 rings (SSSR count). The van der Waals surface area contributed by atoms with Gasteiger partial charge in [0.1, 0.15) is 12.4 Å². The molecule has 6 nitrogen and oxygen atoms in total. The highest BCUT2D eigenvalue weighted by atomic mass is 79.9. The van der Waals surface area contributed by atoms with E-state index in [0.717, 1.165) is 21.3 Å². The van der Waals surface area contributed by atoms with E-state index in [-0.39, 0.29) is 11.9 Å². The van der Waals surface area contributed by atoms with Crippen LogP contribution in [0.15, 0.2) is 87.2 Å². The third kappa shape index (κ3) is 6.41. The third-order valence-corrected chi connectivity index (χ3v) is 6.69. The number of hydrogen-bond acceptors (Lipinski definition) is 6. The second kappa shape index (κ2) is 11.4. The zero-order chi connectivity index (χ0) is 24.8. The van der Waals surface area contributed by atoms with Gasteiger partial charge in [-0.15, -0.1) is 0 Å². The Morgan fingerprint density at radius 3 is 2.37 bits per heavy atom. The molecule has 1 aliphatic rings. The van der Waals surface area contributed by atoms with Gasteiger partial charge < -0.3 is 9.47 Å². The molecule has 0 N–H and O–H groups in total. The van der Waals surface area contributed by atoms with Crippen molar-refractivity contribution in [2.24, 2.45) is 4.99 Å². The van der Waals surface area contributed by atoms with Gasteiger partial charge in [-0.1, -0.05) is 40.2 Å². The molecule has 0 atom stereocenters. The molecule has 1 heterocycles. The van der Waals surface area contributed by atoms with Gasteiger partial charge in [0.05, 0.1) is 22.8 Å². The molecule has 3 aromatic carbocycles. The van der Waals surface area contributed by atoms with Crippen LogP contribution in [0.3, 0.4) is 0 Å². The first-order chi connectivity index (χ1) is 16.9. The van der Waals surface area contributed by atoms with Crippen molar-refractivity contribution < 1.29 is 19.1 Å². The molecule has 1 saturated heterocycles. The van der Waals surface area contributed by atoms with Gasteiger partial charge in [0.25, 0.3) is 5.91 Å². The van der Waals surface area contributed by atoms with Crippen molar-refractivity contribution in [3.05, 3.63) is 98.9 Å². The normalized spacial score (nSPS) is 15.6. The lowest BCUT2D eigenvalue weighted by molar-refractivity contribution is -0.121. The lowest BCUT2D eigenvalue weighted by Gasteiger charge is -2.07. The molecule has 0 aromatic heterocycles. The minimum atomic E-state index is -0.371. The quantitative estimate of drug-likeness (QED) is 0.250. The molecule has 178 valence electrons. The van der Waals surface area contributed by atoms with Gasteiger partial charge in [0.15, 0.2) is 5.17 Å². The second-order valence-electron chi connectivity index (χ2n) is 7.62. The second-order valence-corrected chi connectivity index (χ2v) is 9.55. The molecule has 3 aromatic rings. The molecule has 1 fully saturated rings. The summed E-state index contributed by atoms with van der Waals surface area (Å²) in [6, 6.07) is 22.4. The van der Waals surface area contributed by atoms with E-state index in [1.165, 1.54) is 16.7 Å². The van der Waals surface area contributed by atoms with Gasteiger partial charge in [-0.25, -0.2) is 9.79 Å². The average Bonchev–Trinajstić information content (AvgIpc) is 3.12. The Hall–Kier alpha value is -3.36. The molecular formula is C27H23BrN2O4S. The van der Waals surface area contributed by atoms with Crippen LogP contribution < -0.4 is 4.74 Å². The highest BCUT2D eigenvalue weighted by Gasteiger charge is 2.30. The average molecular weight is 551 g/mol. The SMILES string of the molecule is CCOC(=O)c1ccc(N=C2SC(=Cc3ccc(OCc4ccc(Br)cc4)cc3)C(=O)N2C)cc1. The van der Waals surface area contributed by atoms with Crippen LogP contribution >= 0.6 is 27.7 Å². The van der Waals surface area contributed by atoms with Gasteiger partial charge in [-0.05, 0) is 84.4 Å². The van der Waals surface area contributed by atoms with Gasteiger partial charge in [0.2, 0.25) is 0 Å². The zero-order valence-electron chi connectivity index (χ0n) is 19.2. The maximum atomic E-state index is 12.7. The van der Waals surface area contributed by atoms with Crippen LogP contribution in [-0.4, -0.2) is 35.6 Å². The number of nitrogens with zero attached hydrogens (tertiary/aromatic N) is 2. The van der Waals surface area contributed by atoms with E-state index in [1.807, 2.05) is 54.6 Å². The van der Waals surface area contributed by atoms with E-state index >= 15 is 0 Å². The summed E-state index contributed by atoms with van der Waals surface area (Å²) >= 11 is 4.74.